The molecule has 198 valence electrons. The van der Waals surface area contributed by atoms with E-state index in [0.29, 0.717) is 4.68 Å². The fourth-order valence-electron chi connectivity index (χ4n) is 4.43. The molecule has 4 rings (SSSR count). The van der Waals surface area contributed by atoms with Crippen LogP contribution in [-0.4, -0.2) is 43.0 Å². The average molecular weight is 545 g/mol. The highest BCUT2D eigenvalue weighted by atomic mass is 32.2. The van der Waals surface area contributed by atoms with Crippen LogP contribution < -0.4 is 5.32 Å². The third-order valence-electron chi connectivity index (χ3n) is 6.04. The summed E-state index contributed by atoms with van der Waals surface area (Å²) in [5.41, 5.74) is -10.5. The zero-order chi connectivity index (χ0) is 27.1. The van der Waals surface area contributed by atoms with Crippen LogP contribution in [0.15, 0.2) is 23.4 Å². The summed E-state index contributed by atoms with van der Waals surface area (Å²) in [5, 5.41) is 5.14. The maximum Gasteiger partial charge on any atom is 0.420 e. The third kappa shape index (κ3) is 4.54. The highest BCUT2D eigenvalue weighted by molar-refractivity contribution is 7.91. The first kappa shape index (κ1) is 26.3. The summed E-state index contributed by atoms with van der Waals surface area (Å²) in [5.74, 6) is -8.82. The molecule has 2 aromatic heterocycles. The maximum atomic E-state index is 14.9. The standard InChI is InChI=1S/C20H19F8N5O2S/c1-16(6-17(21,22)7-16)9-33-13(15(34)31-10-3-4-30-11(5-10)36(2,29)35)12(20(26,27)28)14(32-33)18(23)8-19(18,24)25/h3-5,29H,6-9H2,1-2H3,(H,30,31,34). The molecule has 7 nitrogen and oxygen atoms in total. The van der Waals surface area contributed by atoms with Gasteiger partial charge in [0.2, 0.25) is 11.6 Å². The molecule has 2 aromatic rings. The molecule has 16 heteroatoms. The van der Waals surface area contributed by atoms with Crippen molar-refractivity contribution in [3.8, 4) is 0 Å². The van der Waals surface area contributed by atoms with E-state index in [1.54, 1.807) is 0 Å². The Hall–Kier alpha value is -2.78. The van der Waals surface area contributed by atoms with Gasteiger partial charge in [0, 0.05) is 37.5 Å². The van der Waals surface area contributed by atoms with Crippen LogP contribution in [0, 0.1) is 10.2 Å². The van der Waals surface area contributed by atoms with Crippen LogP contribution >= 0.6 is 0 Å². The number of rotatable bonds is 6. The first-order valence-corrected chi connectivity index (χ1v) is 12.3. The normalized spacial score (nSPS) is 25.5. The molecule has 2 aliphatic carbocycles. The minimum atomic E-state index is -5.51. The van der Waals surface area contributed by atoms with Crippen LogP contribution in [0.5, 0.6) is 0 Å². The van der Waals surface area contributed by atoms with Crippen molar-refractivity contribution in [2.45, 2.75) is 61.4 Å². The molecular formula is C20H19F8N5O2S. The first-order chi connectivity index (χ1) is 16.2. The minimum Gasteiger partial charge on any atom is -0.320 e. The summed E-state index contributed by atoms with van der Waals surface area (Å²) in [6, 6.07) is 2.06. The number of carbonyl (C=O) groups is 1. The second-order valence-corrected chi connectivity index (χ2v) is 11.7. The average Bonchev–Trinajstić information content (AvgIpc) is 3.00. The molecule has 0 aromatic carbocycles. The zero-order valence-electron chi connectivity index (χ0n) is 18.7. The number of pyridine rings is 1. The van der Waals surface area contributed by atoms with Gasteiger partial charge >= 0.3 is 6.18 Å². The predicted octanol–water partition coefficient (Wildman–Crippen LogP) is 5.22. The molecule has 0 radical (unpaired) electrons. The molecular weight excluding hydrogens is 526 g/mol. The first-order valence-electron chi connectivity index (χ1n) is 10.3. The van der Waals surface area contributed by atoms with Crippen molar-refractivity contribution in [3.05, 3.63) is 35.3 Å². The Morgan fingerprint density at radius 3 is 2.25 bits per heavy atom. The van der Waals surface area contributed by atoms with Gasteiger partial charge in [-0.1, -0.05) is 6.92 Å². The lowest BCUT2D eigenvalue weighted by Gasteiger charge is -2.44. The third-order valence-corrected chi connectivity index (χ3v) is 7.06. The van der Waals surface area contributed by atoms with E-state index >= 15 is 0 Å². The van der Waals surface area contributed by atoms with Crippen molar-refractivity contribution in [1.29, 1.82) is 4.78 Å². The Labute approximate surface area is 199 Å². The van der Waals surface area contributed by atoms with E-state index < -0.39 is 87.5 Å². The quantitative estimate of drug-likeness (QED) is 0.486. The molecule has 2 saturated carbocycles. The SMILES string of the molecule is CC1(Cn2nc(C3(F)CC3(F)F)c(C(F)(F)F)c2C(=O)Nc2ccnc(S(C)(=N)=O)c2)CC(F)(F)C1. The minimum absolute atomic E-state index is 0.248. The topological polar surface area (TPSA) is 101 Å². The van der Waals surface area contributed by atoms with E-state index in [2.05, 4.69) is 15.4 Å². The Balaban J connectivity index is 1.82. The van der Waals surface area contributed by atoms with Gasteiger partial charge in [-0.05, 0) is 17.5 Å². The number of hydrogen-bond donors (Lipinski definition) is 2. The van der Waals surface area contributed by atoms with E-state index in [9.17, 15) is 44.1 Å². The highest BCUT2D eigenvalue weighted by Gasteiger charge is 2.77. The Morgan fingerprint density at radius 2 is 1.78 bits per heavy atom. The highest BCUT2D eigenvalue weighted by Crippen LogP contribution is 2.64. The van der Waals surface area contributed by atoms with Crippen LogP contribution in [0.4, 0.5) is 40.8 Å². The number of halogens is 8. The van der Waals surface area contributed by atoms with Gasteiger partial charge in [-0.3, -0.25) is 9.48 Å². The smallest absolute Gasteiger partial charge is 0.320 e. The Kier molecular flexibility index (Phi) is 5.56. The van der Waals surface area contributed by atoms with Crippen molar-refractivity contribution < 1.29 is 44.1 Å². The lowest BCUT2D eigenvalue weighted by atomic mass is 9.67. The van der Waals surface area contributed by atoms with Crippen molar-refractivity contribution in [1.82, 2.24) is 14.8 Å². The molecule has 2 atom stereocenters. The largest absolute Gasteiger partial charge is 0.420 e. The summed E-state index contributed by atoms with van der Waals surface area (Å²) < 4.78 is 131. The number of nitrogens with one attached hydrogen (secondary N) is 2. The molecule has 36 heavy (non-hydrogen) atoms. The van der Waals surface area contributed by atoms with Crippen LogP contribution in [0.3, 0.4) is 0 Å². The van der Waals surface area contributed by atoms with E-state index in [-0.39, 0.29) is 10.7 Å². The van der Waals surface area contributed by atoms with Crippen LogP contribution in [0.2, 0.25) is 0 Å². The van der Waals surface area contributed by atoms with Crippen LogP contribution in [0.1, 0.15) is 47.9 Å². The molecule has 2 unspecified atom stereocenters. The van der Waals surface area contributed by atoms with Gasteiger partial charge in [0.15, 0.2) is 0 Å². The van der Waals surface area contributed by atoms with Crippen molar-refractivity contribution >= 4 is 21.3 Å². The van der Waals surface area contributed by atoms with Gasteiger partial charge < -0.3 is 5.32 Å². The van der Waals surface area contributed by atoms with E-state index in [0.717, 1.165) is 24.6 Å². The molecule has 1 amide bonds. The lowest BCUT2D eigenvalue weighted by molar-refractivity contribution is -0.160. The molecule has 2 aliphatic rings. The van der Waals surface area contributed by atoms with Gasteiger partial charge in [-0.15, -0.1) is 0 Å². The Bertz CT molecular complexity index is 1350. The van der Waals surface area contributed by atoms with E-state index in [1.807, 2.05) is 0 Å². The van der Waals surface area contributed by atoms with Gasteiger partial charge in [0.1, 0.15) is 22.0 Å². The van der Waals surface area contributed by atoms with E-state index in [1.165, 1.54) is 6.92 Å². The van der Waals surface area contributed by atoms with Crippen LogP contribution in [0.25, 0.3) is 0 Å². The monoisotopic (exact) mass is 545 g/mol. The molecule has 0 saturated heterocycles. The van der Waals surface area contributed by atoms with Crippen molar-refractivity contribution in [2.75, 3.05) is 11.6 Å². The molecule has 0 spiro atoms. The number of nitrogens with zero attached hydrogens (tertiary/aromatic N) is 3. The molecule has 2 N–H and O–H groups in total. The lowest BCUT2D eigenvalue weighted by Crippen LogP contribution is -2.47. The van der Waals surface area contributed by atoms with E-state index in [4.69, 9.17) is 4.78 Å². The zero-order valence-corrected chi connectivity index (χ0v) is 19.5. The summed E-state index contributed by atoms with van der Waals surface area (Å²) in [6.45, 7) is 0.589. The number of carbonyl (C=O) groups excluding carboxylic acids is 1. The number of alkyl halides is 8. The van der Waals surface area contributed by atoms with Gasteiger partial charge in [0.25, 0.3) is 11.8 Å². The maximum absolute atomic E-state index is 14.9. The number of hydrogen-bond acceptors (Lipinski definition) is 5. The van der Waals surface area contributed by atoms with Gasteiger partial charge in [0.05, 0.1) is 16.1 Å². The summed E-state index contributed by atoms with van der Waals surface area (Å²) >= 11 is 0. The van der Waals surface area contributed by atoms with Crippen LogP contribution in [-0.2, 0) is 28.1 Å². The molecule has 2 fully saturated rings. The molecule has 2 heterocycles. The fraction of sp³-hybridized carbons (Fsp3) is 0.550. The molecule has 0 aliphatic heterocycles. The number of amides is 1. The van der Waals surface area contributed by atoms with Gasteiger partial charge in [-0.25, -0.2) is 35.9 Å². The summed E-state index contributed by atoms with van der Waals surface area (Å²) in [4.78, 5) is 16.7. The second kappa shape index (κ2) is 7.61. The summed E-state index contributed by atoms with van der Waals surface area (Å²) in [7, 11) is -3.38. The second-order valence-electron chi connectivity index (χ2n) is 9.61. The Morgan fingerprint density at radius 1 is 1.19 bits per heavy atom. The number of aromatic nitrogens is 3. The number of anilines is 1. The van der Waals surface area contributed by atoms with Crippen molar-refractivity contribution in [3.63, 3.8) is 0 Å². The summed E-state index contributed by atoms with van der Waals surface area (Å²) in [6.07, 6.45) is -6.60. The fourth-order valence-corrected chi connectivity index (χ4v) is 5.05. The predicted molar refractivity (Wildman–Crippen MR) is 109 cm³/mol. The molecule has 0 bridgehead atoms. The van der Waals surface area contributed by atoms with Crippen molar-refractivity contribution in [2.24, 2.45) is 5.41 Å². The van der Waals surface area contributed by atoms with Gasteiger partial charge in [-0.2, -0.15) is 18.3 Å².